The van der Waals surface area contributed by atoms with Crippen LogP contribution in [0.15, 0.2) is 48.5 Å². The first kappa shape index (κ1) is 16.7. The molecule has 126 valence electrons. The molecule has 1 atom stereocenters. The molecule has 5 nitrogen and oxygen atoms in total. The Hall–Kier alpha value is -3.13. The molecular weight excluding hydrogens is 314 g/mol. The lowest BCUT2D eigenvalue weighted by Gasteiger charge is -2.17. The second kappa shape index (κ2) is 7.18. The van der Waals surface area contributed by atoms with Crippen molar-refractivity contribution in [1.82, 2.24) is 0 Å². The van der Waals surface area contributed by atoms with Crippen molar-refractivity contribution in [2.75, 3.05) is 16.8 Å². The third-order valence-corrected chi connectivity index (χ3v) is 4.41. The van der Waals surface area contributed by atoms with E-state index in [1.165, 1.54) is 5.56 Å². The molecule has 1 heterocycles. The van der Waals surface area contributed by atoms with Crippen molar-refractivity contribution in [3.63, 3.8) is 0 Å². The number of nitriles is 1. The van der Waals surface area contributed by atoms with Crippen LogP contribution in [0.4, 0.5) is 11.4 Å². The van der Waals surface area contributed by atoms with Crippen LogP contribution in [0.5, 0.6) is 0 Å². The van der Waals surface area contributed by atoms with Crippen LogP contribution in [-0.4, -0.2) is 18.4 Å². The minimum Gasteiger partial charge on any atom is -0.326 e. The van der Waals surface area contributed by atoms with Gasteiger partial charge in [-0.05, 0) is 42.3 Å². The molecule has 1 N–H and O–H groups in total. The third-order valence-electron chi connectivity index (χ3n) is 4.41. The lowest BCUT2D eigenvalue weighted by molar-refractivity contribution is -0.122. The lowest BCUT2D eigenvalue weighted by Crippen LogP contribution is -2.28. The number of aryl methyl sites for hydroxylation is 1. The van der Waals surface area contributed by atoms with Gasteiger partial charge in [0.15, 0.2) is 0 Å². The molecule has 5 heteroatoms. The molecule has 0 aliphatic carbocycles. The van der Waals surface area contributed by atoms with Crippen LogP contribution in [0.1, 0.15) is 24.5 Å². The third kappa shape index (κ3) is 3.69. The summed E-state index contributed by atoms with van der Waals surface area (Å²) in [6, 6.07) is 16.6. The van der Waals surface area contributed by atoms with E-state index < -0.39 is 5.92 Å². The van der Waals surface area contributed by atoms with Gasteiger partial charge in [0.05, 0.1) is 17.6 Å². The Morgan fingerprint density at radius 2 is 2.04 bits per heavy atom. The van der Waals surface area contributed by atoms with Crippen LogP contribution in [0, 0.1) is 17.2 Å². The van der Waals surface area contributed by atoms with Gasteiger partial charge in [0.25, 0.3) is 0 Å². The van der Waals surface area contributed by atoms with Crippen molar-refractivity contribution in [3.05, 3.63) is 59.7 Å². The molecule has 0 bridgehead atoms. The highest BCUT2D eigenvalue weighted by molar-refractivity contribution is 6.03. The molecule has 2 aromatic carbocycles. The zero-order valence-electron chi connectivity index (χ0n) is 14.0. The van der Waals surface area contributed by atoms with Crippen molar-refractivity contribution < 1.29 is 9.59 Å². The topological polar surface area (TPSA) is 73.2 Å². The van der Waals surface area contributed by atoms with E-state index in [1.54, 1.807) is 29.2 Å². The number of hydrogen-bond donors (Lipinski definition) is 1. The van der Waals surface area contributed by atoms with Crippen molar-refractivity contribution in [2.45, 2.75) is 19.8 Å². The van der Waals surface area contributed by atoms with E-state index in [2.05, 4.69) is 12.2 Å². The summed E-state index contributed by atoms with van der Waals surface area (Å²) in [5.74, 6) is -0.643. The number of nitrogens with zero attached hydrogens (tertiary/aromatic N) is 2. The largest absolute Gasteiger partial charge is 0.326 e. The maximum absolute atomic E-state index is 12.5. The van der Waals surface area contributed by atoms with Crippen LogP contribution >= 0.6 is 0 Å². The normalized spacial score (nSPS) is 16.6. The molecule has 25 heavy (non-hydrogen) atoms. The summed E-state index contributed by atoms with van der Waals surface area (Å²) in [7, 11) is 0. The standard InChI is InChI=1S/C20H19N3O2/c1-2-14-6-8-18(9-7-14)23-13-16(11-19(23)24)20(25)22-17-5-3-4-15(10-17)12-21/h3-10,16H,2,11,13H2,1H3,(H,22,25)/t16-/m0/s1. The van der Waals surface area contributed by atoms with Crippen molar-refractivity contribution in [2.24, 2.45) is 5.92 Å². The summed E-state index contributed by atoms with van der Waals surface area (Å²) in [5.41, 5.74) is 3.09. The predicted octanol–water partition coefficient (Wildman–Crippen LogP) is 3.11. The second-order valence-corrected chi connectivity index (χ2v) is 6.11. The maximum atomic E-state index is 12.5. The first-order valence-electron chi connectivity index (χ1n) is 8.31. The van der Waals surface area contributed by atoms with Gasteiger partial charge in [0, 0.05) is 24.3 Å². The van der Waals surface area contributed by atoms with Gasteiger partial charge in [-0.1, -0.05) is 25.1 Å². The SMILES string of the molecule is CCc1ccc(N2C[C@@H](C(=O)Nc3cccc(C#N)c3)CC2=O)cc1. The average molecular weight is 333 g/mol. The van der Waals surface area contributed by atoms with Gasteiger partial charge in [-0.15, -0.1) is 0 Å². The molecule has 2 aromatic rings. The Labute approximate surface area is 146 Å². The van der Waals surface area contributed by atoms with Crippen molar-refractivity contribution in [3.8, 4) is 6.07 Å². The first-order valence-corrected chi connectivity index (χ1v) is 8.31. The number of amides is 2. The first-order chi connectivity index (χ1) is 12.1. The van der Waals surface area contributed by atoms with E-state index in [-0.39, 0.29) is 18.2 Å². The highest BCUT2D eigenvalue weighted by atomic mass is 16.2. The van der Waals surface area contributed by atoms with Crippen LogP contribution in [0.3, 0.4) is 0 Å². The molecule has 1 aliphatic rings. The summed E-state index contributed by atoms with van der Waals surface area (Å²) < 4.78 is 0. The van der Waals surface area contributed by atoms with Crippen LogP contribution < -0.4 is 10.2 Å². The quantitative estimate of drug-likeness (QED) is 0.934. The summed E-state index contributed by atoms with van der Waals surface area (Å²) >= 11 is 0. The number of nitrogens with one attached hydrogen (secondary N) is 1. The van der Waals surface area contributed by atoms with Crippen LogP contribution in [0.25, 0.3) is 0 Å². The number of rotatable bonds is 4. The summed E-state index contributed by atoms with van der Waals surface area (Å²) in [6.45, 7) is 2.45. The Balaban J connectivity index is 1.68. The molecule has 0 saturated carbocycles. The summed E-state index contributed by atoms with van der Waals surface area (Å²) in [5, 5.41) is 11.7. The molecule has 0 unspecified atom stereocenters. The van der Waals surface area contributed by atoms with Gasteiger partial charge < -0.3 is 10.2 Å². The van der Waals surface area contributed by atoms with Crippen LogP contribution in [0.2, 0.25) is 0 Å². The van der Waals surface area contributed by atoms with Gasteiger partial charge in [-0.25, -0.2) is 0 Å². The van der Waals surface area contributed by atoms with E-state index in [0.29, 0.717) is 17.8 Å². The number of benzene rings is 2. The Morgan fingerprint density at radius 3 is 2.72 bits per heavy atom. The Kier molecular flexibility index (Phi) is 4.80. The summed E-state index contributed by atoms with van der Waals surface area (Å²) in [4.78, 5) is 26.4. The molecule has 0 spiro atoms. The van der Waals surface area contributed by atoms with Gasteiger partial charge in [-0.2, -0.15) is 5.26 Å². The molecule has 1 fully saturated rings. The van der Waals surface area contributed by atoms with Gasteiger partial charge in [0.1, 0.15) is 0 Å². The minimum atomic E-state index is -0.399. The highest BCUT2D eigenvalue weighted by Gasteiger charge is 2.35. The van der Waals surface area contributed by atoms with Crippen molar-refractivity contribution >= 4 is 23.2 Å². The van der Waals surface area contributed by atoms with Crippen molar-refractivity contribution in [1.29, 1.82) is 5.26 Å². The monoisotopic (exact) mass is 333 g/mol. The fraction of sp³-hybridized carbons (Fsp3) is 0.250. The molecule has 0 radical (unpaired) electrons. The molecule has 0 aromatic heterocycles. The van der Waals surface area contributed by atoms with E-state index >= 15 is 0 Å². The molecular formula is C20H19N3O2. The zero-order chi connectivity index (χ0) is 17.8. The molecule has 1 saturated heterocycles. The lowest BCUT2D eigenvalue weighted by atomic mass is 10.1. The van der Waals surface area contributed by atoms with E-state index in [1.807, 2.05) is 30.3 Å². The Bertz CT molecular complexity index is 837. The maximum Gasteiger partial charge on any atom is 0.229 e. The summed E-state index contributed by atoms with van der Waals surface area (Å²) in [6.07, 6.45) is 1.14. The second-order valence-electron chi connectivity index (χ2n) is 6.11. The number of hydrogen-bond acceptors (Lipinski definition) is 3. The number of anilines is 2. The van der Waals surface area contributed by atoms with Gasteiger partial charge in [0.2, 0.25) is 11.8 Å². The van der Waals surface area contributed by atoms with E-state index in [9.17, 15) is 9.59 Å². The fourth-order valence-corrected chi connectivity index (χ4v) is 2.96. The van der Waals surface area contributed by atoms with Crippen LogP contribution in [-0.2, 0) is 16.0 Å². The smallest absolute Gasteiger partial charge is 0.229 e. The number of carbonyl (C=O) groups excluding carboxylic acids is 2. The zero-order valence-corrected chi connectivity index (χ0v) is 14.0. The average Bonchev–Trinajstić information content (AvgIpc) is 3.04. The molecule has 3 rings (SSSR count). The van der Waals surface area contributed by atoms with E-state index in [0.717, 1.165) is 12.1 Å². The van der Waals surface area contributed by atoms with Gasteiger partial charge >= 0.3 is 0 Å². The highest BCUT2D eigenvalue weighted by Crippen LogP contribution is 2.26. The minimum absolute atomic E-state index is 0.0461. The Morgan fingerprint density at radius 1 is 1.28 bits per heavy atom. The fourth-order valence-electron chi connectivity index (χ4n) is 2.96. The molecule has 2 amide bonds. The number of carbonyl (C=O) groups is 2. The predicted molar refractivity (Wildman–Crippen MR) is 96.1 cm³/mol. The molecule has 1 aliphatic heterocycles. The van der Waals surface area contributed by atoms with E-state index in [4.69, 9.17) is 5.26 Å². The van der Waals surface area contributed by atoms with Gasteiger partial charge in [-0.3, -0.25) is 9.59 Å².